The van der Waals surface area contributed by atoms with Crippen molar-refractivity contribution in [3.63, 3.8) is 0 Å². The molecule has 0 saturated carbocycles. The third-order valence-corrected chi connectivity index (χ3v) is 2.98. The Morgan fingerprint density at radius 2 is 1.94 bits per heavy atom. The molecule has 2 N–H and O–H groups in total. The summed E-state index contributed by atoms with van der Waals surface area (Å²) in [5, 5.41) is 12.9. The van der Waals surface area contributed by atoms with Crippen LogP contribution in [-0.2, 0) is 11.3 Å². The molecule has 94 valence electrons. The molecule has 0 spiro atoms. The molecule has 0 aliphatic carbocycles. The molecule has 1 unspecified atom stereocenters. The molecular weight excluding hydrogens is 238 g/mol. The van der Waals surface area contributed by atoms with E-state index in [2.05, 4.69) is 5.32 Å². The number of benzene rings is 1. The van der Waals surface area contributed by atoms with Crippen molar-refractivity contribution in [2.75, 3.05) is 6.54 Å². The summed E-state index contributed by atoms with van der Waals surface area (Å²) in [5.74, 6) is -0.962. The van der Waals surface area contributed by atoms with E-state index in [4.69, 9.17) is 16.7 Å². The van der Waals surface area contributed by atoms with Crippen molar-refractivity contribution < 1.29 is 9.90 Å². The minimum Gasteiger partial charge on any atom is -0.481 e. The first-order valence-corrected chi connectivity index (χ1v) is 6.06. The van der Waals surface area contributed by atoms with Crippen LogP contribution in [0.1, 0.15) is 19.4 Å². The lowest BCUT2D eigenvalue weighted by molar-refractivity contribution is -0.143. The fourth-order valence-corrected chi connectivity index (χ4v) is 1.71. The predicted octanol–water partition coefficient (Wildman–Crippen LogP) is 2.79. The van der Waals surface area contributed by atoms with Gasteiger partial charge in [-0.1, -0.05) is 37.6 Å². The van der Waals surface area contributed by atoms with E-state index in [0.717, 1.165) is 5.56 Å². The number of halogens is 1. The number of carbonyl (C=O) groups is 1. The van der Waals surface area contributed by atoms with Gasteiger partial charge in [-0.05, 0) is 23.6 Å². The Labute approximate surface area is 107 Å². The first-order chi connectivity index (χ1) is 8.00. The summed E-state index contributed by atoms with van der Waals surface area (Å²) in [7, 11) is 0. The molecule has 0 saturated heterocycles. The van der Waals surface area contributed by atoms with Gasteiger partial charge in [0.1, 0.15) is 0 Å². The number of nitrogens with one attached hydrogen (secondary N) is 1. The Bertz CT molecular complexity index is 362. The van der Waals surface area contributed by atoms with Crippen molar-refractivity contribution in [1.82, 2.24) is 5.32 Å². The molecule has 1 aromatic rings. The van der Waals surface area contributed by atoms with Crippen molar-refractivity contribution in [3.05, 3.63) is 34.9 Å². The zero-order valence-corrected chi connectivity index (χ0v) is 10.9. The number of aliphatic carboxylic acids is 1. The number of rotatable bonds is 6. The van der Waals surface area contributed by atoms with Gasteiger partial charge in [0.25, 0.3) is 0 Å². The van der Waals surface area contributed by atoms with Gasteiger partial charge in [0.2, 0.25) is 0 Å². The molecule has 1 atom stereocenters. The molecule has 0 fully saturated rings. The van der Waals surface area contributed by atoms with Crippen LogP contribution < -0.4 is 5.32 Å². The van der Waals surface area contributed by atoms with Gasteiger partial charge < -0.3 is 10.4 Å². The molecule has 1 rings (SSSR count). The van der Waals surface area contributed by atoms with Gasteiger partial charge >= 0.3 is 5.97 Å². The molecule has 1 aromatic carbocycles. The van der Waals surface area contributed by atoms with Gasteiger partial charge in [-0.25, -0.2) is 0 Å². The highest BCUT2D eigenvalue weighted by Gasteiger charge is 2.20. The van der Waals surface area contributed by atoms with Gasteiger partial charge in [0.15, 0.2) is 0 Å². The highest BCUT2D eigenvalue weighted by molar-refractivity contribution is 6.30. The first-order valence-electron chi connectivity index (χ1n) is 5.68. The lowest BCUT2D eigenvalue weighted by atomic mass is 9.96. The van der Waals surface area contributed by atoms with Crippen LogP contribution in [-0.4, -0.2) is 17.6 Å². The van der Waals surface area contributed by atoms with Crippen LogP contribution in [0.3, 0.4) is 0 Å². The summed E-state index contributed by atoms with van der Waals surface area (Å²) in [4.78, 5) is 11.0. The molecule has 0 bridgehead atoms. The third kappa shape index (κ3) is 4.75. The van der Waals surface area contributed by atoms with Gasteiger partial charge in [0, 0.05) is 18.1 Å². The van der Waals surface area contributed by atoms with Crippen LogP contribution in [0.25, 0.3) is 0 Å². The molecule has 0 heterocycles. The van der Waals surface area contributed by atoms with Crippen molar-refractivity contribution in [1.29, 1.82) is 0 Å². The Kier molecular flexibility index (Phi) is 5.45. The van der Waals surface area contributed by atoms with Gasteiger partial charge in [0.05, 0.1) is 5.92 Å². The molecular formula is C13H18ClNO2. The summed E-state index contributed by atoms with van der Waals surface area (Å²) in [6.07, 6.45) is 0. The second-order valence-corrected chi connectivity index (χ2v) is 4.88. The number of carboxylic acids is 1. The topological polar surface area (TPSA) is 49.3 Å². The number of hydrogen-bond donors (Lipinski definition) is 2. The Balaban J connectivity index is 2.41. The smallest absolute Gasteiger partial charge is 0.308 e. The van der Waals surface area contributed by atoms with E-state index >= 15 is 0 Å². The van der Waals surface area contributed by atoms with E-state index in [0.29, 0.717) is 18.1 Å². The van der Waals surface area contributed by atoms with E-state index in [9.17, 15) is 4.79 Å². The molecule has 0 aliphatic heterocycles. The monoisotopic (exact) mass is 255 g/mol. The maximum absolute atomic E-state index is 11.0. The number of hydrogen-bond acceptors (Lipinski definition) is 2. The molecule has 0 aliphatic rings. The zero-order valence-electron chi connectivity index (χ0n) is 10.1. The summed E-state index contributed by atoms with van der Waals surface area (Å²) < 4.78 is 0. The van der Waals surface area contributed by atoms with E-state index in [1.54, 1.807) is 0 Å². The van der Waals surface area contributed by atoms with Crippen molar-refractivity contribution >= 4 is 17.6 Å². The van der Waals surface area contributed by atoms with Crippen LogP contribution in [0, 0.1) is 11.8 Å². The quantitative estimate of drug-likeness (QED) is 0.822. The van der Waals surface area contributed by atoms with Crippen molar-refractivity contribution in [2.24, 2.45) is 11.8 Å². The van der Waals surface area contributed by atoms with Crippen molar-refractivity contribution in [3.8, 4) is 0 Å². The van der Waals surface area contributed by atoms with Gasteiger partial charge in [-0.3, -0.25) is 4.79 Å². The maximum Gasteiger partial charge on any atom is 0.308 e. The highest BCUT2D eigenvalue weighted by Crippen LogP contribution is 2.11. The molecule has 3 nitrogen and oxygen atoms in total. The second kappa shape index (κ2) is 6.62. The first kappa shape index (κ1) is 14.0. The largest absolute Gasteiger partial charge is 0.481 e. The van der Waals surface area contributed by atoms with Crippen molar-refractivity contribution in [2.45, 2.75) is 20.4 Å². The van der Waals surface area contributed by atoms with Gasteiger partial charge in [-0.15, -0.1) is 0 Å². The third-order valence-electron chi connectivity index (χ3n) is 2.73. The van der Waals surface area contributed by atoms with E-state index in [1.807, 2.05) is 38.1 Å². The summed E-state index contributed by atoms with van der Waals surface area (Å²) in [5.41, 5.74) is 1.10. The normalized spacial score (nSPS) is 12.7. The summed E-state index contributed by atoms with van der Waals surface area (Å²) in [6.45, 7) is 4.98. The average molecular weight is 256 g/mol. The lowest BCUT2D eigenvalue weighted by Gasteiger charge is -2.16. The number of carboxylic acid groups (broad SMARTS) is 1. The standard InChI is InChI=1S/C13H18ClNO2/c1-9(2)12(13(16)17)8-15-7-10-3-5-11(14)6-4-10/h3-6,9,12,15H,7-8H2,1-2H3,(H,16,17). The van der Waals surface area contributed by atoms with E-state index in [1.165, 1.54) is 0 Å². The molecule has 4 heteroatoms. The van der Waals surface area contributed by atoms with E-state index in [-0.39, 0.29) is 11.8 Å². The SMILES string of the molecule is CC(C)C(CNCc1ccc(Cl)cc1)C(=O)O. The minimum atomic E-state index is -0.747. The summed E-state index contributed by atoms with van der Waals surface area (Å²) >= 11 is 5.78. The molecule has 0 amide bonds. The predicted molar refractivity (Wildman–Crippen MR) is 69.1 cm³/mol. The average Bonchev–Trinajstić information content (AvgIpc) is 2.25. The molecule has 17 heavy (non-hydrogen) atoms. The molecule has 0 aromatic heterocycles. The minimum absolute atomic E-state index is 0.130. The van der Waals surface area contributed by atoms with Crippen LogP contribution in [0.2, 0.25) is 5.02 Å². The van der Waals surface area contributed by atoms with Crippen LogP contribution in [0.15, 0.2) is 24.3 Å². The molecule has 0 radical (unpaired) electrons. The van der Waals surface area contributed by atoms with Crippen LogP contribution in [0.4, 0.5) is 0 Å². The fourth-order valence-electron chi connectivity index (χ4n) is 1.58. The Morgan fingerprint density at radius 1 is 1.35 bits per heavy atom. The van der Waals surface area contributed by atoms with Crippen LogP contribution >= 0.6 is 11.6 Å². The fraction of sp³-hybridized carbons (Fsp3) is 0.462. The highest BCUT2D eigenvalue weighted by atomic mass is 35.5. The maximum atomic E-state index is 11.0. The van der Waals surface area contributed by atoms with E-state index < -0.39 is 5.97 Å². The zero-order chi connectivity index (χ0) is 12.8. The Hall–Kier alpha value is -1.06. The van der Waals surface area contributed by atoms with Gasteiger partial charge in [-0.2, -0.15) is 0 Å². The van der Waals surface area contributed by atoms with Crippen LogP contribution in [0.5, 0.6) is 0 Å². The Morgan fingerprint density at radius 3 is 2.41 bits per heavy atom. The summed E-state index contributed by atoms with van der Waals surface area (Å²) in [6, 6.07) is 7.52. The lowest BCUT2D eigenvalue weighted by Crippen LogP contribution is -2.31. The second-order valence-electron chi connectivity index (χ2n) is 4.45.